The van der Waals surface area contributed by atoms with Crippen LogP contribution < -0.4 is 4.74 Å². The Bertz CT molecular complexity index is 603. The van der Waals surface area contributed by atoms with Crippen LogP contribution in [0.5, 0.6) is 5.75 Å². The van der Waals surface area contributed by atoms with Gasteiger partial charge in [0.25, 0.3) is 0 Å². The number of nitrogens with zero attached hydrogens (tertiary/aromatic N) is 3. The van der Waals surface area contributed by atoms with Gasteiger partial charge in [0.15, 0.2) is 6.10 Å². The van der Waals surface area contributed by atoms with Gasteiger partial charge in [0.1, 0.15) is 30.1 Å². The van der Waals surface area contributed by atoms with E-state index >= 15 is 0 Å². The maximum atomic E-state index is 11.6. The van der Waals surface area contributed by atoms with Crippen molar-refractivity contribution in [3.8, 4) is 11.6 Å². The molecule has 1 atom stereocenters. The van der Waals surface area contributed by atoms with E-state index in [0.29, 0.717) is 11.6 Å². The van der Waals surface area contributed by atoms with Gasteiger partial charge in [0.2, 0.25) is 0 Å². The van der Waals surface area contributed by atoms with Crippen LogP contribution in [-0.4, -0.2) is 43.9 Å². The van der Waals surface area contributed by atoms with Crippen LogP contribution in [0, 0.1) is 0 Å². The number of ether oxygens (including phenoxy) is 2. The summed E-state index contributed by atoms with van der Waals surface area (Å²) < 4.78 is 12.1. The van der Waals surface area contributed by atoms with Crippen molar-refractivity contribution in [3.63, 3.8) is 0 Å². The number of imidazole rings is 1. The molecule has 7 heteroatoms. The molecule has 0 saturated heterocycles. The molecular formula is C15H19N3O4. The first-order chi connectivity index (χ1) is 10.3. The molecule has 7 nitrogen and oxygen atoms in total. The van der Waals surface area contributed by atoms with E-state index in [-0.39, 0.29) is 6.61 Å². The molecule has 118 valence electrons. The van der Waals surface area contributed by atoms with Gasteiger partial charge in [-0.25, -0.2) is 14.8 Å². The lowest BCUT2D eigenvalue weighted by atomic mass is 10.2. The van der Waals surface area contributed by atoms with E-state index in [1.807, 2.05) is 0 Å². The highest BCUT2D eigenvalue weighted by Crippen LogP contribution is 2.13. The number of carbonyl (C=O) groups excluding carboxylic acids is 1. The molecule has 2 aromatic heterocycles. The summed E-state index contributed by atoms with van der Waals surface area (Å²) in [7, 11) is 0. The quantitative estimate of drug-likeness (QED) is 0.839. The Morgan fingerprint density at radius 1 is 1.41 bits per heavy atom. The molecule has 0 fully saturated rings. The highest BCUT2D eigenvalue weighted by Gasteiger charge is 2.23. The van der Waals surface area contributed by atoms with Crippen molar-refractivity contribution >= 4 is 5.97 Å². The van der Waals surface area contributed by atoms with Crippen molar-refractivity contribution in [2.75, 3.05) is 6.61 Å². The lowest BCUT2D eigenvalue weighted by Crippen LogP contribution is -2.35. The fraction of sp³-hybridized carbons (Fsp3) is 0.400. The van der Waals surface area contributed by atoms with Crippen LogP contribution in [0.2, 0.25) is 0 Å². The van der Waals surface area contributed by atoms with E-state index in [9.17, 15) is 9.90 Å². The summed E-state index contributed by atoms with van der Waals surface area (Å²) in [6.45, 7) is 5.01. The standard InChI is InChI=1S/C15H19N3O4/c1-15(2,3)22-14(20)12(19)9-21-11-4-5-13(17-8-11)18-7-6-16-10-18/h4-8,10,12,19H,9H2,1-3H3/t12-/m1/s1. The topological polar surface area (TPSA) is 86.5 Å². The Hall–Kier alpha value is -2.41. The zero-order valence-corrected chi connectivity index (χ0v) is 12.8. The second kappa shape index (κ2) is 6.57. The van der Waals surface area contributed by atoms with E-state index in [2.05, 4.69) is 9.97 Å². The maximum Gasteiger partial charge on any atom is 0.339 e. The van der Waals surface area contributed by atoms with Crippen molar-refractivity contribution < 1.29 is 19.4 Å². The van der Waals surface area contributed by atoms with Crippen molar-refractivity contribution in [3.05, 3.63) is 37.1 Å². The van der Waals surface area contributed by atoms with E-state index in [4.69, 9.17) is 9.47 Å². The first-order valence-corrected chi connectivity index (χ1v) is 6.83. The maximum absolute atomic E-state index is 11.6. The highest BCUT2D eigenvalue weighted by atomic mass is 16.6. The Morgan fingerprint density at radius 3 is 2.73 bits per heavy atom. The number of pyridine rings is 1. The molecule has 1 N–H and O–H groups in total. The summed E-state index contributed by atoms with van der Waals surface area (Å²) in [6, 6.07) is 3.45. The van der Waals surface area contributed by atoms with Crippen LogP contribution in [0.4, 0.5) is 0 Å². The van der Waals surface area contributed by atoms with E-state index in [0.717, 1.165) is 0 Å². The number of esters is 1. The molecule has 0 aromatic carbocycles. The molecule has 0 aliphatic heterocycles. The number of rotatable bonds is 5. The summed E-state index contributed by atoms with van der Waals surface area (Å²) in [5, 5.41) is 9.71. The third kappa shape index (κ3) is 4.56. The SMILES string of the molecule is CC(C)(C)OC(=O)[C@H](O)COc1ccc(-n2ccnc2)nc1. The lowest BCUT2D eigenvalue weighted by Gasteiger charge is -2.21. The average Bonchev–Trinajstić information content (AvgIpc) is 2.97. The number of hydrogen-bond acceptors (Lipinski definition) is 6. The van der Waals surface area contributed by atoms with Crippen molar-refractivity contribution in [2.45, 2.75) is 32.5 Å². The fourth-order valence-electron chi connectivity index (χ4n) is 1.62. The predicted octanol–water partition coefficient (Wildman–Crippen LogP) is 1.35. The average molecular weight is 305 g/mol. The van der Waals surface area contributed by atoms with Gasteiger partial charge in [-0.05, 0) is 32.9 Å². The first kappa shape index (κ1) is 16.0. The molecule has 0 bridgehead atoms. The summed E-state index contributed by atoms with van der Waals surface area (Å²) in [5.41, 5.74) is -0.647. The smallest absolute Gasteiger partial charge is 0.339 e. The van der Waals surface area contributed by atoms with Crippen molar-refractivity contribution in [1.29, 1.82) is 0 Å². The number of aliphatic hydroxyl groups excluding tert-OH is 1. The number of hydrogen-bond donors (Lipinski definition) is 1. The minimum absolute atomic E-state index is 0.193. The molecule has 0 amide bonds. The molecular weight excluding hydrogens is 286 g/mol. The van der Waals surface area contributed by atoms with Gasteiger partial charge in [0, 0.05) is 12.4 Å². The molecule has 0 spiro atoms. The highest BCUT2D eigenvalue weighted by molar-refractivity contribution is 5.74. The molecule has 2 heterocycles. The number of aromatic nitrogens is 3. The summed E-state index contributed by atoms with van der Waals surface area (Å²) >= 11 is 0. The molecule has 0 saturated carbocycles. The van der Waals surface area contributed by atoms with Crippen LogP contribution in [0.15, 0.2) is 37.1 Å². The van der Waals surface area contributed by atoms with Gasteiger partial charge < -0.3 is 14.6 Å². The van der Waals surface area contributed by atoms with E-state index in [1.54, 1.807) is 56.2 Å². The molecule has 22 heavy (non-hydrogen) atoms. The third-order valence-corrected chi connectivity index (χ3v) is 2.58. The molecule has 2 rings (SSSR count). The molecule has 0 aliphatic carbocycles. The van der Waals surface area contributed by atoms with Gasteiger partial charge in [-0.3, -0.25) is 4.57 Å². The van der Waals surface area contributed by atoms with Crippen LogP contribution in [0.25, 0.3) is 5.82 Å². The number of aliphatic hydroxyl groups is 1. The van der Waals surface area contributed by atoms with Gasteiger partial charge in [-0.2, -0.15) is 0 Å². The summed E-state index contributed by atoms with van der Waals surface area (Å²) in [6.07, 6.45) is 5.23. The largest absolute Gasteiger partial charge is 0.489 e. The van der Waals surface area contributed by atoms with Crippen LogP contribution in [0.3, 0.4) is 0 Å². The summed E-state index contributed by atoms with van der Waals surface area (Å²) in [5.74, 6) is 0.430. The fourth-order valence-corrected chi connectivity index (χ4v) is 1.62. The minimum atomic E-state index is -1.34. The Morgan fingerprint density at radius 2 is 2.18 bits per heavy atom. The van der Waals surface area contributed by atoms with Crippen LogP contribution >= 0.6 is 0 Å². The van der Waals surface area contributed by atoms with E-state index in [1.165, 1.54) is 6.20 Å². The Kier molecular flexibility index (Phi) is 4.77. The Balaban J connectivity index is 1.88. The lowest BCUT2D eigenvalue weighted by molar-refractivity contribution is -0.166. The molecule has 0 unspecified atom stereocenters. The van der Waals surface area contributed by atoms with Gasteiger partial charge >= 0.3 is 5.97 Å². The molecule has 0 aliphatic rings. The normalized spacial score (nSPS) is 12.7. The first-order valence-electron chi connectivity index (χ1n) is 6.83. The van der Waals surface area contributed by atoms with Crippen LogP contribution in [0.1, 0.15) is 20.8 Å². The van der Waals surface area contributed by atoms with Gasteiger partial charge in [-0.1, -0.05) is 0 Å². The zero-order chi connectivity index (χ0) is 16.2. The van der Waals surface area contributed by atoms with Crippen molar-refractivity contribution in [2.24, 2.45) is 0 Å². The third-order valence-electron chi connectivity index (χ3n) is 2.58. The van der Waals surface area contributed by atoms with Crippen LogP contribution in [-0.2, 0) is 9.53 Å². The van der Waals surface area contributed by atoms with Gasteiger partial charge in [0.05, 0.1) is 6.20 Å². The van der Waals surface area contributed by atoms with Gasteiger partial charge in [-0.15, -0.1) is 0 Å². The zero-order valence-electron chi connectivity index (χ0n) is 12.8. The minimum Gasteiger partial charge on any atom is -0.489 e. The second-order valence-electron chi connectivity index (χ2n) is 5.68. The predicted molar refractivity (Wildman–Crippen MR) is 78.7 cm³/mol. The van der Waals surface area contributed by atoms with Crippen molar-refractivity contribution in [1.82, 2.24) is 14.5 Å². The monoisotopic (exact) mass is 305 g/mol. The van der Waals surface area contributed by atoms with E-state index < -0.39 is 17.7 Å². The second-order valence-corrected chi connectivity index (χ2v) is 5.68. The Labute approximate surface area is 128 Å². The number of carbonyl (C=O) groups is 1. The molecule has 0 radical (unpaired) electrons. The summed E-state index contributed by atoms with van der Waals surface area (Å²) in [4.78, 5) is 19.8. The molecule has 2 aromatic rings.